The van der Waals surface area contributed by atoms with Crippen LogP contribution in [0, 0.1) is 0 Å². The fourth-order valence-corrected chi connectivity index (χ4v) is 16.6. The number of nitrogens with one attached hydrogen (secondary N) is 18. The number of aliphatic hydroxyl groups is 6. The SMILES string of the molecule is CCCC[C@H](NC(=O)[C@H](CCCCNC(O)CN(CC(=O)O)CC(O)O)NC(=O)[C@H](CO)NC(=O)[C@H](CCC(N)=O)NC(=O)[C@H](CO)NC(=O)CNC(=O)COCCOCCNC(=O)CCCCCCCCCCCCCCCC1=NNNN1)C(=O)NC.NC(=O)[C@@H]1CCCCNC(=O)CC[C@H](N)C(=O)N2C[C@H](O)C[C@H]2C(=O)N[C@H](Cc2ccccc2)C(=O)N[C@@H](CCCN=C(N)N)C(=O)N[C@@H](Cc2c[nH]c3ccccc23)C(=O)N1. The minimum Gasteiger partial charge on any atom is -0.480 e. The average molecular weight is 2120 g/mol. The molecule has 3 aromatic rings. The standard InChI is InChI=1S/C55H103N15O18.C42H58N12O8/c1-3-4-20-38(51(82)57-2)62-52(83)39(21-18-19-26-58-47(76)32-70(33-49(78)79)34-50(80)81)63-55(86)42(36-72)65-53(84)40(24-25-43(56)73)64-54(85)41(35-71)61-46(75)31-60-48(77)37-88-30-29-87-28-27-59-45(74)23-17-15-13-11-9-7-5-6-8-10-12-14-16-22-44-66-68-69-67-44;43-28-15-16-35(56)47-17-7-6-13-30(36(44)57)50-39(60)33(20-25-22-49-29-12-5-4-11-27(25)29)52-37(58)31(14-8-18-48-42(45)46)51-38(59)32(19-24-9-2-1-3-10-24)53-40(61)34-21-26(55)23-54(34)41(28)62/h38-42,47,49,58,68-69,71-72,76,78-79H,3-37H2,1-2H3,(H2,56,73)(H,57,82)(H,59,74)(H,60,77)(H,61,75)(H,62,83)(H,63,86)(H,64,85)(H,65,84)(H,66,67)(H,80,81);1-5,9-12,22,26,28,30-34,49,55H,6-8,13-21,23,43H2,(H2,44,57)(H,47,56)(H,50,60)(H,51,59)(H,52,58)(H,53,61)(H4,45,46,48)/t38-,39-,40-,41-,42-,47?;26-,28+,30+,31+,32-,33+,34+/m01/s1. The van der Waals surface area contributed by atoms with Crippen molar-refractivity contribution in [2.45, 2.75) is 304 Å². The average Bonchev–Trinajstić information content (AvgIpc) is 1.68. The summed E-state index contributed by atoms with van der Waals surface area (Å²) in [5.41, 5.74) is 38.8. The van der Waals surface area contributed by atoms with Gasteiger partial charge in [0.15, 0.2) is 12.2 Å². The summed E-state index contributed by atoms with van der Waals surface area (Å²) in [6.45, 7) is -1.71. The van der Waals surface area contributed by atoms with Crippen LogP contribution in [-0.2, 0) is 104 Å². The molecular weight excluding hydrogens is 1960 g/mol. The number of amides is 16. The number of ether oxygens (including phenoxy) is 2. The third kappa shape index (κ3) is 52.5. The molecule has 0 spiro atoms. The van der Waals surface area contributed by atoms with Crippen LogP contribution < -0.4 is 120 Å². The number of hydrazine groups is 2. The molecular formula is C97H161N27O26. The van der Waals surface area contributed by atoms with Gasteiger partial charge in [-0.15, -0.1) is 10.6 Å². The minimum atomic E-state index is -1.86. The van der Waals surface area contributed by atoms with Gasteiger partial charge in [0.1, 0.15) is 79.1 Å². The van der Waals surface area contributed by atoms with Gasteiger partial charge < -0.3 is 153 Å². The van der Waals surface area contributed by atoms with E-state index in [0.717, 1.165) is 58.6 Å². The molecule has 0 radical (unpaired) electrons. The van der Waals surface area contributed by atoms with Crippen molar-refractivity contribution in [3.63, 3.8) is 0 Å². The number of likely N-dealkylation sites (N-methyl/N-ethyl adjacent to an activating group) is 1. The summed E-state index contributed by atoms with van der Waals surface area (Å²) in [5, 5.41) is 110. The molecule has 2 saturated heterocycles. The number of carbonyl (C=O) groups is 17. The number of nitrogens with two attached hydrogens (primary N) is 5. The molecule has 0 aliphatic carbocycles. The molecule has 840 valence electrons. The number of carbonyl (C=O) groups excluding carboxylic acids is 16. The lowest BCUT2D eigenvalue weighted by atomic mass is 10.0. The van der Waals surface area contributed by atoms with Gasteiger partial charge in [0.05, 0.1) is 58.3 Å². The maximum Gasteiger partial charge on any atom is 0.317 e. The van der Waals surface area contributed by atoms with Crippen molar-refractivity contribution < 1.29 is 127 Å². The molecule has 53 nitrogen and oxygen atoms in total. The van der Waals surface area contributed by atoms with Crippen molar-refractivity contribution >= 4 is 123 Å². The van der Waals surface area contributed by atoms with Gasteiger partial charge in [0.2, 0.25) is 94.5 Å². The molecule has 53 heteroatoms. The maximum atomic E-state index is 14.4. The smallest absolute Gasteiger partial charge is 0.317 e. The van der Waals surface area contributed by atoms with Crippen molar-refractivity contribution in [3.05, 3.63) is 71.9 Å². The van der Waals surface area contributed by atoms with Crippen molar-refractivity contribution in [2.75, 3.05) is 106 Å². The second kappa shape index (κ2) is 73.2. The molecule has 1 unspecified atom stereocenters. The van der Waals surface area contributed by atoms with E-state index in [2.05, 4.69) is 106 Å². The molecule has 16 amide bonds. The lowest BCUT2D eigenvalue weighted by Crippen LogP contribution is -2.60. The van der Waals surface area contributed by atoms with Gasteiger partial charge in [-0.05, 0) is 107 Å². The highest BCUT2D eigenvalue weighted by atomic mass is 16.5. The molecule has 3 aliphatic rings. The summed E-state index contributed by atoms with van der Waals surface area (Å²) in [6, 6.07) is 1.33. The molecule has 3 aliphatic heterocycles. The van der Waals surface area contributed by atoms with Crippen LogP contribution in [0.1, 0.15) is 217 Å². The van der Waals surface area contributed by atoms with Crippen LogP contribution in [0.5, 0.6) is 0 Å². The number of aromatic amines is 1. The van der Waals surface area contributed by atoms with Gasteiger partial charge >= 0.3 is 5.97 Å². The van der Waals surface area contributed by atoms with Crippen LogP contribution in [0.15, 0.2) is 70.9 Å². The van der Waals surface area contributed by atoms with Gasteiger partial charge in [-0.3, -0.25) is 102 Å². The first kappa shape index (κ1) is 127. The fraction of sp³-hybridized carbons (Fsp3) is 0.660. The number of hydrazone groups is 1. The summed E-state index contributed by atoms with van der Waals surface area (Å²) in [7, 11) is 1.38. The highest BCUT2D eigenvalue weighted by Crippen LogP contribution is 2.24. The monoisotopic (exact) mass is 2120 g/mol. The highest BCUT2D eigenvalue weighted by molar-refractivity contribution is 6.00. The van der Waals surface area contributed by atoms with E-state index in [0.29, 0.717) is 49.8 Å². The van der Waals surface area contributed by atoms with Crippen molar-refractivity contribution in [3.8, 4) is 0 Å². The van der Waals surface area contributed by atoms with Gasteiger partial charge in [-0.25, -0.2) is 5.53 Å². The van der Waals surface area contributed by atoms with E-state index < -0.39 is 226 Å². The Morgan fingerprint density at radius 3 is 1.81 bits per heavy atom. The lowest BCUT2D eigenvalue weighted by Gasteiger charge is -2.29. The van der Waals surface area contributed by atoms with Gasteiger partial charge in [0, 0.05) is 108 Å². The van der Waals surface area contributed by atoms with E-state index in [4.69, 9.17) is 43.2 Å². The number of aliphatic imine (C=N–C) groups is 1. The molecule has 13 atom stereocenters. The molecule has 0 bridgehead atoms. The first-order valence-electron chi connectivity index (χ1n) is 51.5. The van der Waals surface area contributed by atoms with Gasteiger partial charge in [-0.2, -0.15) is 0 Å². The Morgan fingerprint density at radius 1 is 0.593 bits per heavy atom. The van der Waals surface area contributed by atoms with Gasteiger partial charge in [0.25, 0.3) is 0 Å². The van der Waals surface area contributed by atoms with Crippen LogP contribution in [0.2, 0.25) is 0 Å². The topological polar surface area (TPSA) is 832 Å². The Balaban J connectivity index is 0.000000557. The van der Waals surface area contributed by atoms with E-state index in [1.54, 1.807) is 36.5 Å². The van der Waals surface area contributed by atoms with E-state index in [1.165, 1.54) is 64.8 Å². The minimum absolute atomic E-state index is 0.00276. The Morgan fingerprint density at radius 2 is 1.18 bits per heavy atom. The molecule has 2 aromatic carbocycles. The Labute approximate surface area is 871 Å². The number of H-pyrrole nitrogens is 1. The molecule has 4 heterocycles. The summed E-state index contributed by atoms with van der Waals surface area (Å²) in [6.07, 6.45) is 15.9. The number of guanidine groups is 1. The van der Waals surface area contributed by atoms with E-state index in [9.17, 15) is 112 Å². The number of aliphatic carboxylic acids is 1. The number of aliphatic hydroxyl groups excluding tert-OH is 5. The number of carboxylic acids is 1. The summed E-state index contributed by atoms with van der Waals surface area (Å²) in [4.78, 5) is 232. The number of nitrogens with zero attached hydrogens (tertiary/aromatic N) is 4. The number of amidine groups is 1. The summed E-state index contributed by atoms with van der Waals surface area (Å²) < 4.78 is 10.7. The van der Waals surface area contributed by atoms with Crippen LogP contribution in [0.25, 0.3) is 10.9 Å². The lowest BCUT2D eigenvalue weighted by molar-refractivity contribution is -0.141. The number of primary amides is 2. The number of unbranched alkanes of at least 4 members (excludes halogenated alkanes) is 14. The van der Waals surface area contributed by atoms with Crippen molar-refractivity contribution in [2.24, 2.45) is 38.8 Å². The number of hydrogen-bond acceptors (Lipinski definition) is 33. The number of para-hydroxylation sites is 1. The summed E-state index contributed by atoms with van der Waals surface area (Å²) >= 11 is 0. The zero-order valence-corrected chi connectivity index (χ0v) is 85.9. The van der Waals surface area contributed by atoms with Crippen LogP contribution in [-0.4, -0.2) is 353 Å². The largest absolute Gasteiger partial charge is 0.480 e. The van der Waals surface area contributed by atoms with Crippen LogP contribution >= 0.6 is 0 Å². The molecule has 2 fully saturated rings. The number of carboxylic acid groups (broad SMARTS) is 1. The number of rotatable bonds is 65. The Kier molecular flexibility index (Phi) is 62.2. The van der Waals surface area contributed by atoms with E-state index >= 15 is 0 Å². The number of aromatic nitrogens is 1. The highest BCUT2D eigenvalue weighted by Gasteiger charge is 2.43. The zero-order chi connectivity index (χ0) is 110. The molecule has 150 heavy (non-hydrogen) atoms. The van der Waals surface area contributed by atoms with E-state index in [1.807, 2.05) is 31.2 Å². The van der Waals surface area contributed by atoms with Gasteiger partial charge in [-0.1, -0.05) is 139 Å². The Bertz CT molecular complexity index is 4750. The van der Waals surface area contributed by atoms with Crippen LogP contribution in [0.3, 0.4) is 0 Å². The number of hydrogen-bond donors (Lipinski definition) is 30. The number of fused-ring (bicyclic) bond motifs is 2. The van der Waals surface area contributed by atoms with Crippen LogP contribution in [0.4, 0.5) is 0 Å². The third-order valence-corrected chi connectivity index (χ3v) is 24.7. The predicted octanol–water partition coefficient (Wildman–Crippen LogP) is -6.78. The molecule has 6 rings (SSSR count). The molecule has 35 N–H and O–H groups in total. The van der Waals surface area contributed by atoms with Crippen molar-refractivity contribution in [1.29, 1.82) is 0 Å². The second-order valence-electron chi connectivity index (χ2n) is 37.1. The van der Waals surface area contributed by atoms with Crippen molar-refractivity contribution in [1.82, 2.24) is 106 Å². The Hall–Kier alpha value is -13.0. The van der Waals surface area contributed by atoms with E-state index in [-0.39, 0.29) is 147 Å². The maximum absolute atomic E-state index is 14.4. The first-order valence-corrected chi connectivity index (χ1v) is 51.5. The molecule has 0 saturated carbocycles. The number of benzene rings is 2. The predicted molar refractivity (Wildman–Crippen MR) is 549 cm³/mol. The summed E-state index contributed by atoms with van der Waals surface area (Å²) in [5.74, 6) is -12.5. The first-order chi connectivity index (χ1) is 71.9. The zero-order valence-electron chi connectivity index (χ0n) is 85.9. The normalized spacial score (nSPS) is 18.7. The fourth-order valence-electron chi connectivity index (χ4n) is 16.6. The second-order valence-corrected chi connectivity index (χ2v) is 37.1. The molecule has 1 aromatic heterocycles. The third-order valence-electron chi connectivity index (χ3n) is 24.7. The quantitative estimate of drug-likeness (QED) is 0.0108.